The van der Waals surface area contributed by atoms with E-state index >= 15 is 0 Å². The molecular formula is C23H30N2O3. The predicted octanol–water partition coefficient (Wildman–Crippen LogP) is 3.34. The molecule has 1 amide bonds. The van der Waals surface area contributed by atoms with Crippen molar-refractivity contribution in [1.82, 2.24) is 10.2 Å². The molecule has 0 unspecified atom stereocenters. The first-order chi connectivity index (χ1) is 13.6. The number of morpholine rings is 1. The van der Waals surface area contributed by atoms with Crippen LogP contribution in [0.2, 0.25) is 0 Å². The average Bonchev–Trinajstić information content (AvgIpc) is 2.72. The van der Waals surface area contributed by atoms with Crippen LogP contribution >= 0.6 is 0 Å². The minimum atomic E-state index is -0.117. The van der Waals surface area contributed by atoms with E-state index in [9.17, 15) is 4.79 Å². The summed E-state index contributed by atoms with van der Waals surface area (Å²) >= 11 is 0. The van der Waals surface area contributed by atoms with Gasteiger partial charge in [-0.05, 0) is 34.7 Å². The van der Waals surface area contributed by atoms with Crippen LogP contribution in [0.25, 0.3) is 0 Å². The second-order valence-electron chi connectivity index (χ2n) is 7.45. The molecule has 0 spiro atoms. The number of hydrogen-bond donors (Lipinski definition) is 1. The number of hydrogen-bond acceptors (Lipinski definition) is 4. The Hall–Kier alpha value is -2.37. The first kappa shape index (κ1) is 20.4. The molecular weight excluding hydrogens is 352 g/mol. The lowest BCUT2D eigenvalue weighted by molar-refractivity contribution is -0.123. The molecule has 0 aliphatic carbocycles. The van der Waals surface area contributed by atoms with E-state index in [1.54, 1.807) is 0 Å². The molecule has 5 heteroatoms. The first-order valence-electron chi connectivity index (χ1n) is 9.98. The Bertz CT molecular complexity index is 753. The van der Waals surface area contributed by atoms with Crippen molar-refractivity contribution >= 4 is 5.91 Å². The molecule has 0 bridgehead atoms. The van der Waals surface area contributed by atoms with Crippen molar-refractivity contribution < 1.29 is 14.3 Å². The number of nitrogens with zero attached hydrogens (tertiary/aromatic N) is 1. The van der Waals surface area contributed by atoms with Gasteiger partial charge in [0.15, 0.2) is 6.61 Å². The Balaban J connectivity index is 1.47. The summed E-state index contributed by atoms with van der Waals surface area (Å²) < 4.78 is 11.0. The first-order valence-corrected chi connectivity index (χ1v) is 9.98. The molecule has 28 heavy (non-hydrogen) atoms. The predicted molar refractivity (Wildman–Crippen MR) is 110 cm³/mol. The molecule has 0 atom stereocenters. The van der Waals surface area contributed by atoms with Crippen LogP contribution < -0.4 is 10.1 Å². The van der Waals surface area contributed by atoms with Crippen molar-refractivity contribution in [1.29, 1.82) is 0 Å². The smallest absolute Gasteiger partial charge is 0.258 e. The van der Waals surface area contributed by atoms with E-state index in [1.165, 1.54) is 11.1 Å². The van der Waals surface area contributed by atoms with Gasteiger partial charge < -0.3 is 14.8 Å². The third kappa shape index (κ3) is 6.08. The summed E-state index contributed by atoms with van der Waals surface area (Å²) in [5.74, 6) is 1.08. The normalized spacial score (nSPS) is 14.8. The summed E-state index contributed by atoms with van der Waals surface area (Å²) in [7, 11) is 0. The van der Waals surface area contributed by atoms with Gasteiger partial charge in [-0.25, -0.2) is 0 Å². The van der Waals surface area contributed by atoms with Gasteiger partial charge in [0, 0.05) is 26.2 Å². The fourth-order valence-electron chi connectivity index (χ4n) is 3.23. The van der Waals surface area contributed by atoms with Gasteiger partial charge in [-0.2, -0.15) is 0 Å². The minimum absolute atomic E-state index is 0.0205. The molecule has 2 aromatic carbocycles. The van der Waals surface area contributed by atoms with Gasteiger partial charge in [0.2, 0.25) is 0 Å². The molecule has 0 saturated carbocycles. The van der Waals surface area contributed by atoms with Crippen molar-refractivity contribution in [3.05, 3.63) is 65.2 Å². The van der Waals surface area contributed by atoms with Crippen molar-refractivity contribution in [3.63, 3.8) is 0 Å². The number of carbonyl (C=O) groups is 1. The molecule has 150 valence electrons. The summed E-state index contributed by atoms with van der Waals surface area (Å²) in [6, 6.07) is 16.2. The highest BCUT2D eigenvalue weighted by molar-refractivity contribution is 5.77. The van der Waals surface area contributed by atoms with E-state index in [0.717, 1.165) is 38.4 Å². The molecule has 1 N–H and O–H groups in total. The molecule has 3 rings (SSSR count). The topological polar surface area (TPSA) is 50.8 Å². The maximum absolute atomic E-state index is 12.2. The van der Waals surface area contributed by atoms with Gasteiger partial charge in [-0.3, -0.25) is 9.69 Å². The maximum Gasteiger partial charge on any atom is 0.258 e. The quantitative estimate of drug-likeness (QED) is 0.761. The molecule has 0 radical (unpaired) electrons. The van der Waals surface area contributed by atoms with E-state index in [-0.39, 0.29) is 12.5 Å². The zero-order valence-corrected chi connectivity index (χ0v) is 16.8. The van der Waals surface area contributed by atoms with Crippen LogP contribution in [0.3, 0.4) is 0 Å². The SMILES string of the molecule is CC(C)c1ccc(OCC(=O)NCc2ccccc2CN2CCOCC2)cc1. The second kappa shape index (κ2) is 10.2. The van der Waals surface area contributed by atoms with Crippen molar-refractivity contribution in [2.45, 2.75) is 32.9 Å². The Labute approximate surface area is 167 Å². The largest absolute Gasteiger partial charge is 0.484 e. The number of nitrogens with one attached hydrogen (secondary N) is 1. The van der Waals surface area contributed by atoms with Crippen LogP contribution in [-0.4, -0.2) is 43.7 Å². The van der Waals surface area contributed by atoms with Crippen LogP contribution in [0.4, 0.5) is 0 Å². The Morgan fingerprint density at radius 1 is 1.07 bits per heavy atom. The zero-order chi connectivity index (χ0) is 19.8. The van der Waals surface area contributed by atoms with E-state index in [4.69, 9.17) is 9.47 Å². The van der Waals surface area contributed by atoms with E-state index < -0.39 is 0 Å². The third-order valence-electron chi connectivity index (χ3n) is 5.01. The Morgan fingerprint density at radius 2 is 1.75 bits per heavy atom. The lowest BCUT2D eigenvalue weighted by atomic mass is 10.0. The molecule has 2 aromatic rings. The van der Waals surface area contributed by atoms with Gasteiger partial charge in [0.25, 0.3) is 5.91 Å². The third-order valence-corrected chi connectivity index (χ3v) is 5.01. The number of amides is 1. The van der Waals surface area contributed by atoms with Gasteiger partial charge in [0.05, 0.1) is 13.2 Å². The molecule has 1 heterocycles. The molecule has 0 aromatic heterocycles. The second-order valence-corrected chi connectivity index (χ2v) is 7.45. The average molecular weight is 383 g/mol. The van der Waals surface area contributed by atoms with Crippen LogP contribution in [-0.2, 0) is 22.6 Å². The fourth-order valence-corrected chi connectivity index (χ4v) is 3.23. The van der Waals surface area contributed by atoms with Crippen molar-refractivity contribution in [2.75, 3.05) is 32.9 Å². The highest BCUT2D eigenvalue weighted by atomic mass is 16.5. The van der Waals surface area contributed by atoms with Crippen molar-refractivity contribution in [3.8, 4) is 5.75 Å². The number of ether oxygens (including phenoxy) is 2. The summed E-state index contributed by atoms with van der Waals surface area (Å²) in [5, 5.41) is 2.97. The van der Waals surface area contributed by atoms with Crippen LogP contribution in [0.1, 0.15) is 36.5 Å². The molecule has 5 nitrogen and oxygen atoms in total. The highest BCUT2D eigenvalue weighted by Gasteiger charge is 2.13. The Morgan fingerprint density at radius 3 is 2.43 bits per heavy atom. The summed E-state index contributed by atoms with van der Waals surface area (Å²) in [6.07, 6.45) is 0. The lowest BCUT2D eigenvalue weighted by Crippen LogP contribution is -2.36. The standard InChI is InChI=1S/C23H30N2O3/c1-18(2)19-7-9-22(10-8-19)28-17-23(26)24-15-20-5-3-4-6-21(20)16-25-11-13-27-14-12-25/h3-10,18H,11-17H2,1-2H3,(H,24,26). The number of benzene rings is 2. The van der Waals surface area contributed by atoms with E-state index in [1.807, 2.05) is 36.4 Å². The van der Waals surface area contributed by atoms with Crippen LogP contribution in [0.15, 0.2) is 48.5 Å². The van der Waals surface area contributed by atoms with Crippen LogP contribution in [0, 0.1) is 0 Å². The van der Waals surface area contributed by atoms with E-state index in [2.05, 4.69) is 36.2 Å². The molecule has 1 aliphatic rings. The summed E-state index contributed by atoms with van der Waals surface area (Å²) in [4.78, 5) is 14.6. The van der Waals surface area contributed by atoms with Crippen molar-refractivity contribution in [2.24, 2.45) is 0 Å². The summed E-state index contributed by atoms with van der Waals surface area (Å²) in [6.45, 7) is 9.19. The lowest BCUT2D eigenvalue weighted by Gasteiger charge is -2.27. The van der Waals surface area contributed by atoms with Gasteiger partial charge in [-0.15, -0.1) is 0 Å². The monoisotopic (exact) mass is 382 g/mol. The van der Waals surface area contributed by atoms with Gasteiger partial charge >= 0.3 is 0 Å². The fraction of sp³-hybridized carbons (Fsp3) is 0.435. The zero-order valence-electron chi connectivity index (χ0n) is 16.8. The molecule has 1 aliphatic heterocycles. The van der Waals surface area contributed by atoms with Gasteiger partial charge in [0.1, 0.15) is 5.75 Å². The molecule has 1 saturated heterocycles. The molecule has 1 fully saturated rings. The highest BCUT2D eigenvalue weighted by Crippen LogP contribution is 2.18. The van der Waals surface area contributed by atoms with Crippen LogP contribution in [0.5, 0.6) is 5.75 Å². The number of rotatable bonds is 8. The minimum Gasteiger partial charge on any atom is -0.484 e. The Kier molecular flexibility index (Phi) is 7.46. The van der Waals surface area contributed by atoms with E-state index in [0.29, 0.717) is 18.2 Å². The van der Waals surface area contributed by atoms with Gasteiger partial charge in [-0.1, -0.05) is 50.2 Å². The summed E-state index contributed by atoms with van der Waals surface area (Å²) in [5.41, 5.74) is 3.65. The maximum atomic E-state index is 12.2. The number of carbonyl (C=O) groups excluding carboxylic acids is 1.